The van der Waals surface area contributed by atoms with Crippen molar-refractivity contribution in [3.8, 4) is 5.88 Å². The number of ether oxygens (including phenoxy) is 2. The van der Waals surface area contributed by atoms with Crippen molar-refractivity contribution in [2.75, 3.05) is 20.3 Å². The second-order valence-electron chi connectivity index (χ2n) is 3.41. The molecule has 5 nitrogen and oxygen atoms in total. The van der Waals surface area contributed by atoms with Crippen LogP contribution in [0.1, 0.15) is 21.6 Å². The van der Waals surface area contributed by atoms with Gasteiger partial charge in [-0.2, -0.15) is 0 Å². The van der Waals surface area contributed by atoms with Gasteiger partial charge in [-0.1, -0.05) is 0 Å². The van der Waals surface area contributed by atoms with E-state index in [-0.39, 0.29) is 18.1 Å². The Morgan fingerprint density at radius 2 is 2.12 bits per heavy atom. The summed E-state index contributed by atoms with van der Waals surface area (Å²) in [6.45, 7) is 4.20. The van der Waals surface area contributed by atoms with Crippen LogP contribution >= 0.6 is 0 Å². The predicted molar refractivity (Wildman–Crippen MR) is 58.0 cm³/mol. The van der Waals surface area contributed by atoms with E-state index < -0.39 is 5.97 Å². The van der Waals surface area contributed by atoms with Crippen LogP contribution in [0.2, 0.25) is 0 Å². The minimum Gasteiger partial charge on any atom is -0.477 e. The van der Waals surface area contributed by atoms with Gasteiger partial charge in [-0.05, 0) is 25.5 Å². The van der Waals surface area contributed by atoms with E-state index in [0.29, 0.717) is 12.2 Å². The number of rotatable bonds is 5. The summed E-state index contributed by atoms with van der Waals surface area (Å²) in [7, 11) is 1.55. The second-order valence-corrected chi connectivity index (χ2v) is 3.41. The average molecular weight is 225 g/mol. The third-order valence-corrected chi connectivity index (χ3v) is 2.05. The molecule has 1 N–H and O–H groups in total. The number of aromatic carboxylic acids is 1. The van der Waals surface area contributed by atoms with Gasteiger partial charge in [0.25, 0.3) is 0 Å². The van der Waals surface area contributed by atoms with Gasteiger partial charge in [0.05, 0.1) is 6.61 Å². The molecule has 0 saturated heterocycles. The number of hydrogen-bond acceptors (Lipinski definition) is 4. The molecule has 5 heteroatoms. The summed E-state index contributed by atoms with van der Waals surface area (Å²) in [6.07, 6.45) is 0. The molecular formula is C11H15NO4. The van der Waals surface area contributed by atoms with Crippen LogP contribution < -0.4 is 4.74 Å². The number of carboxylic acids is 1. The molecule has 0 spiro atoms. The summed E-state index contributed by atoms with van der Waals surface area (Å²) in [5.74, 6) is -0.875. The number of carbonyl (C=O) groups is 1. The van der Waals surface area contributed by atoms with E-state index in [1.54, 1.807) is 27.0 Å². The molecule has 0 atom stereocenters. The molecule has 0 bridgehead atoms. The Morgan fingerprint density at radius 3 is 2.69 bits per heavy atom. The molecule has 1 aromatic heterocycles. The summed E-state index contributed by atoms with van der Waals surface area (Å²) < 4.78 is 10.1. The maximum Gasteiger partial charge on any atom is 0.341 e. The number of aromatic nitrogens is 1. The van der Waals surface area contributed by atoms with E-state index in [2.05, 4.69) is 4.98 Å². The van der Waals surface area contributed by atoms with Gasteiger partial charge in [-0.25, -0.2) is 9.78 Å². The van der Waals surface area contributed by atoms with Crippen LogP contribution in [-0.4, -0.2) is 36.4 Å². The molecule has 16 heavy (non-hydrogen) atoms. The lowest BCUT2D eigenvalue weighted by Crippen LogP contribution is -2.11. The van der Waals surface area contributed by atoms with Gasteiger partial charge >= 0.3 is 5.97 Å². The number of pyridine rings is 1. The maximum absolute atomic E-state index is 11.0. The van der Waals surface area contributed by atoms with Crippen molar-refractivity contribution in [3.63, 3.8) is 0 Å². The molecule has 1 heterocycles. The van der Waals surface area contributed by atoms with Gasteiger partial charge in [0.2, 0.25) is 5.88 Å². The minimum atomic E-state index is -1.03. The maximum atomic E-state index is 11.0. The van der Waals surface area contributed by atoms with Crippen molar-refractivity contribution in [1.82, 2.24) is 4.98 Å². The van der Waals surface area contributed by atoms with Crippen molar-refractivity contribution in [2.45, 2.75) is 13.8 Å². The number of aryl methyl sites for hydroxylation is 2. The van der Waals surface area contributed by atoms with E-state index in [0.717, 1.165) is 5.69 Å². The number of carboxylic acid groups (broad SMARTS) is 1. The fraction of sp³-hybridized carbons (Fsp3) is 0.455. The zero-order chi connectivity index (χ0) is 12.1. The molecule has 0 amide bonds. The van der Waals surface area contributed by atoms with Crippen molar-refractivity contribution >= 4 is 5.97 Å². The third-order valence-electron chi connectivity index (χ3n) is 2.05. The number of hydrogen-bond donors (Lipinski definition) is 1. The molecular weight excluding hydrogens is 210 g/mol. The highest BCUT2D eigenvalue weighted by Gasteiger charge is 2.16. The Balaban J connectivity index is 2.99. The summed E-state index contributed by atoms with van der Waals surface area (Å²) in [4.78, 5) is 15.1. The fourth-order valence-corrected chi connectivity index (χ4v) is 1.39. The van der Waals surface area contributed by atoms with Crippen LogP contribution in [0.25, 0.3) is 0 Å². The Morgan fingerprint density at radius 1 is 1.44 bits per heavy atom. The van der Waals surface area contributed by atoms with Crippen LogP contribution in [0.4, 0.5) is 0 Å². The normalized spacial score (nSPS) is 10.2. The van der Waals surface area contributed by atoms with Crippen molar-refractivity contribution in [1.29, 1.82) is 0 Å². The molecule has 0 unspecified atom stereocenters. The molecule has 88 valence electrons. The molecule has 0 aliphatic carbocycles. The van der Waals surface area contributed by atoms with Crippen molar-refractivity contribution in [2.24, 2.45) is 0 Å². The summed E-state index contributed by atoms with van der Waals surface area (Å²) >= 11 is 0. The van der Waals surface area contributed by atoms with E-state index >= 15 is 0 Å². The van der Waals surface area contributed by atoms with Crippen LogP contribution in [0, 0.1) is 13.8 Å². The fourth-order valence-electron chi connectivity index (χ4n) is 1.39. The van der Waals surface area contributed by atoms with E-state index in [1.165, 1.54) is 0 Å². The first kappa shape index (κ1) is 12.4. The van der Waals surface area contributed by atoms with E-state index in [9.17, 15) is 4.79 Å². The van der Waals surface area contributed by atoms with Gasteiger partial charge < -0.3 is 14.6 Å². The van der Waals surface area contributed by atoms with Crippen LogP contribution in [-0.2, 0) is 4.74 Å². The van der Waals surface area contributed by atoms with Crippen molar-refractivity contribution in [3.05, 3.63) is 22.9 Å². The highest BCUT2D eigenvalue weighted by molar-refractivity contribution is 5.91. The smallest absolute Gasteiger partial charge is 0.341 e. The van der Waals surface area contributed by atoms with Gasteiger partial charge in [0.1, 0.15) is 12.2 Å². The van der Waals surface area contributed by atoms with Crippen LogP contribution in [0.15, 0.2) is 6.07 Å². The van der Waals surface area contributed by atoms with Crippen LogP contribution in [0.5, 0.6) is 5.88 Å². The molecule has 0 aliphatic rings. The largest absolute Gasteiger partial charge is 0.477 e. The molecule has 1 aromatic rings. The Bertz CT molecular complexity index is 390. The van der Waals surface area contributed by atoms with E-state index in [4.69, 9.17) is 14.6 Å². The van der Waals surface area contributed by atoms with Gasteiger partial charge in [-0.3, -0.25) is 0 Å². The first-order valence-corrected chi connectivity index (χ1v) is 4.89. The number of methoxy groups -OCH3 is 1. The standard InChI is InChI=1S/C11H15NO4/c1-7-6-8(2)12-10(9(7)11(13)14)16-5-4-15-3/h6H,4-5H2,1-3H3,(H,13,14). The summed E-state index contributed by atoms with van der Waals surface area (Å²) in [5, 5.41) is 9.04. The Hall–Kier alpha value is -1.62. The third kappa shape index (κ3) is 2.93. The monoisotopic (exact) mass is 225 g/mol. The lowest BCUT2D eigenvalue weighted by molar-refractivity contribution is 0.0687. The molecule has 0 fully saturated rings. The first-order chi connectivity index (χ1) is 7.56. The molecule has 1 rings (SSSR count). The van der Waals surface area contributed by atoms with E-state index in [1.807, 2.05) is 0 Å². The Kier molecular flexibility index (Phi) is 4.25. The minimum absolute atomic E-state index is 0.113. The highest BCUT2D eigenvalue weighted by Crippen LogP contribution is 2.20. The lowest BCUT2D eigenvalue weighted by atomic mass is 10.1. The molecule has 0 radical (unpaired) electrons. The highest BCUT2D eigenvalue weighted by atomic mass is 16.5. The predicted octanol–water partition coefficient (Wildman–Crippen LogP) is 1.42. The van der Waals surface area contributed by atoms with Crippen LogP contribution in [0.3, 0.4) is 0 Å². The van der Waals surface area contributed by atoms with Gasteiger partial charge in [0.15, 0.2) is 0 Å². The lowest BCUT2D eigenvalue weighted by Gasteiger charge is -2.10. The Labute approximate surface area is 94.0 Å². The average Bonchev–Trinajstić information content (AvgIpc) is 2.16. The molecule has 0 aromatic carbocycles. The van der Waals surface area contributed by atoms with Gasteiger partial charge in [-0.15, -0.1) is 0 Å². The molecule has 0 saturated carbocycles. The van der Waals surface area contributed by atoms with Crippen molar-refractivity contribution < 1.29 is 19.4 Å². The summed E-state index contributed by atoms with van der Waals surface area (Å²) in [6, 6.07) is 1.71. The first-order valence-electron chi connectivity index (χ1n) is 4.89. The SMILES string of the molecule is COCCOc1nc(C)cc(C)c1C(=O)O. The number of nitrogens with zero attached hydrogens (tertiary/aromatic N) is 1. The summed E-state index contributed by atoms with van der Waals surface area (Å²) in [5.41, 5.74) is 1.49. The zero-order valence-electron chi connectivity index (χ0n) is 9.61. The van der Waals surface area contributed by atoms with Gasteiger partial charge in [0, 0.05) is 12.8 Å². The quantitative estimate of drug-likeness (QED) is 0.767. The molecule has 0 aliphatic heterocycles. The zero-order valence-corrected chi connectivity index (χ0v) is 9.61. The second kappa shape index (κ2) is 5.46. The topological polar surface area (TPSA) is 68.7 Å².